The maximum Gasteiger partial charge on any atom is 0.0642 e. The SMILES string of the molecule is NCCc1cccc(Cl)c1N1CCC(N2CCCC2)C1. The number of halogens is 1. The van der Waals surface area contributed by atoms with Gasteiger partial charge in [0.15, 0.2) is 0 Å². The molecule has 2 heterocycles. The summed E-state index contributed by atoms with van der Waals surface area (Å²) in [7, 11) is 0. The fourth-order valence-electron chi connectivity index (χ4n) is 3.62. The van der Waals surface area contributed by atoms with E-state index in [1.165, 1.54) is 43.6 Å². The second-order valence-electron chi connectivity index (χ2n) is 5.92. The minimum Gasteiger partial charge on any atom is -0.368 e. The molecule has 0 aromatic heterocycles. The number of nitrogens with two attached hydrogens (primary N) is 1. The van der Waals surface area contributed by atoms with Crippen LogP contribution in [0.3, 0.4) is 0 Å². The van der Waals surface area contributed by atoms with Crippen molar-refractivity contribution in [3.05, 3.63) is 28.8 Å². The summed E-state index contributed by atoms with van der Waals surface area (Å²) in [4.78, 5) is 5.12. The third kappa shape index (κ3) is 2.80. The Morgan fingerprint density at radius 2 is 2.00 bits per heavy atom. The summed E-state index contributed by atoms with van der Waals surface area (Å²) in [6, 6.07) is 6.90. The second kappa shape index (κ2) is 6.33. The van der Waals surface area contributed by atoms with Crippen LogP contribution >= 0.6 is 11.6 Å². The van der Waals surface area contributed by atoms with Gasteiger partial charge in [0.05, 0.1) is 10.7 Å². The summed E-state index contributed by atoms with van der Waals surface area (Å²) in [6.45, 7) is 5.45. The molecule has 1 aromatic rings. The fourth-order valence-corrected chi connectivity index (χ4v) is 3.93. The number of likely N-dealkylation sites (tertiary alicyclic amines) is 1. The maximum atomic E-state index is 6.46. The summed E-state index contributed by atoms with van der Waals surface area (Å²) in [5.74, 6) is 0. The lowest BCUT2D eigenvalue weighted by Gasteiger charge is -2.26. The van der Waals surface area contributed by atoms with E-state index in [-0.39, 0.29) is 0 Å². The Hall–Kier alpha value is -0.770. The molecule has 0 spiro atoms. The van der Waals surface area contributed by atoms with E-state index in [4.69, 9.17) is 17.3 Å². The van der Waals surface area contributed by atoms with Gasteiger partial charge >= 0.3 is 0 Å². The van der Waals surface area contributed by atoms with Crippen LogP contribution in [0.1, 0.15) is 24.8 Å². The zero-order chi connectivity index (χ0) is 13.9. The second-order valence-corrected chi connectivity index (χ2v) is 6.33. The van der Waals surface area contributed by atoms with Crippen molar-refractivity contribution < 1.29 is 0 Å². The third-order valence-corrected chi connectivity index (χ3v) is 4.93. The standard InChI is InChI=1S/C16H24ClN3/c17-15-5-3-4-13(6-8-18)16(15)20-11-7-14(12-20)19-9-1-2-10-19/h3-5,14H,1-2,6-12,18H2. The van der Waals surface area contributed by atoms with Gasteiger partial charge in [-0.1, -0.05) is 23.7 Å². The first-order valence-corrected chi connectivity index (χ1v) is 8.14. The van der Waals surface area contributed by atoms with Crippen molar-refractivity contribution in [3.8, 4) is 0 Å². The quantitative estimate of drug-likeness (QED) is 0.926. The van der Waals surface area contributed by atoms with Crippen LogP contribution in [0.25, 0.3) is 0 Å². The summed E-state index contributed by atoms with van der Waals surface area (Å²) >= 11 is 6.46. The van der Waals surface area contributed by atoms with Crippen LogP contribution in [0.2, 0.25) is 5.02 Å². The molecular formula is C16H24ClN3. The smallest absolute Gasteiger partial charge is 0.0642 e. The lowest BCUT2D eigenvalue weighted by Crippen LogP contribution is -2.35. The third-order valence-electron chi connectivity index (χ3n) is 4.62. The Morgan fingerprint density at radius 3 is 2.75 bits per heavy atom. The van der Waals surface area contributed by atoms with Gasteiger partial charge in [-0.2, -0.15) is 0 Å². The molecule has 0 saturated carbocycles. The summed E-state index contributed by atoms with van der Waals surface area (Å²) < 4.78 is 0. The predicted molar refractivity (Wildman–Crippen MR) is 85.6 cm³/mol. The minimum absolute atomic E-state index is 0.677. The molecule has 2 N–H and O–H groups in total. The molecule has 1 atom stereocenters. The molecule has 2 aliphatic rings. The number of anilines is 1. The number of rotatable bonds is 4. The maximum absolute atomic E-state index is 6.46. The summed E-state index contributed by atoms with van der Waals surface area (Å²) in [6.07, 6.45) is 4.89. The molecule has 0 aliphatic carbocycles. The molecule has 110 valence electrons. The largest absolute Gasteiger partial charge is 0.368 e. The normalized spacial score (nSPS) is 23.7. The van der Waals surface area contributed by atoms with Gasteiger partial charge in [-0.3, -0.25) is 4.90 Å². The van der Waals surface area contributed by atoms with E-state index in [1.54, 1.807) is 0 Å². The molecule has 0 radical (unpaired) electrons. The van der Waals surface area contributed by atoms with Gasteiger partial charge in [-0.05, 0) is 56.9 Å². The van der Waals surface area contributed by atoms with Crippen molar-refractivity contribution in [1.82, 2.24) is 4.90 Å². The highest BCUT2D eigenvalue weighted by atomic mass is 35.5. The van der Waals surface area contributed by atoms with E-state index in [0.717, 1.165) is 24.5 Å². The van der Waals surface area contributed by atoms with E-state index in [9.17, 15) is 0 Å². The van der Waals surface area contributed by atoms with E-state index in [0.29, 0.717) is 12.6 Å². The number of hydrogen-bond donors (Lipinski definition) is 1. The van der Waals surface area contributed by atoms with Crippen LogP contribution in [0.4, 0.5) is 5.69 Å². The van der Waals surface area contributed by atoms with Crippen molar-refractivity contribution in [1.29, 1.82) is 0 Å². The molecule has 0 bridgehead atoms. The van der Waals surface area contributed by atoms with Crippen molar-refractivity contribution in [2.75, 3.05) is 37.6 Å². The minimum atomic E-state index is 0.677. The van der Waals surface area contributed by atoms with Gasteiger partial charge in [0.2, 0.25) is 0 Å². The number of para-hydroxylation sites is 1. The first kappa shape index (κ1) is 14.2. The molecule has 4 heteroatoms. The molecule has 20 heavy (non-hydrogen) atoms. The van der Waals surface area contributed by atoms with Crippen LogP contribution in [-0.2, 0) is 6.42 Å². The van der Waals surface area contributed by atoms with E-state index in [2.05, 4.69) is 15.9 Å². The highest BCUT2D eigenvalue weighted by Gasteiger charge is 2.30. The summed E-state index contributed by atoms with van der Waals surface area (Å²) in [5.41, 5.74) is 8.25. The lowest BCUT2D eigenvalue weighted by molar-refractivity contribution is 0.260. The average molecular weight is 294 g/mol. The monoisotopic (exact) mass is 293 g/mol. The topological polar surface area (TPSA) is 32.5 Å². The molecular weight excluding hydrogens is 270 g/mol. The van der Waals surface area contributed by atoms with Crippen LogP contribution in [-0.4, -0.2) is 43.7 Å². The van der Waals surface area contributed by atoms with E-state index >= 15 is 0 Å². The first-order valence-electron chi connectivity index (χ1n) is 7.76. The van der Waals surface area contributed by atoms with Crippen molar-refractivity contribution in [3.63, 3.8) is 0 Å². The zero-order valence-corrected chi connectivity index (χ0v) is 12.8. The molecule has 3 nitrogen and oxygen atoms in total. The molecule has 1 unspecified atom stereocenters. The van der Waals surface area contributed by atoms with Crippen LogP contribution < -0.4 is 10.6 Å². The fraction of sp³-hybridized carbons (Fsp3) is 0.625. The van der Waals surface area contributed by atoms with Crippen LogP contribution in [0, 0.1) is 0 Å². The number of benzene rings is 1. The Bertz CT molecular complexity index is 457. The number of nitrogens with zero attached hydrogens (tertiary/aromatic N) is 2. The molecule has 1 aromatic carbocycles. The zero-order valence-electron chi connectivity index (χ0n) is 12.0. The van der Waals surface area contributed by atoms with Gasteiger partial charge in [0, 0.05) is 19.1 Å². The summed E-state index contributed by atoms with van der Waals surface area (Å²) in [5, 5.41) is 0.873. The molecule has 0 amide bonds. The molecule has 2 aliphatic heterocycles. The predicted octanol–water partition coefficient (Wildman–Crippen LogP) is 2.52. The molecule has 3 rings (SSSR count). The van der Waals surface area contributed by atoms with E-state index < -0.39 is 0 Å². The Morgan fingerprint density at radius 1 is 1.20 bits per heavy atom. The Kier molecular flexibility index (Phi) is 4.49. The van der Waals surface area contributed by atoms with Gasteiger partial charge in [0.25, 0.3) is 0 Å². The van der Waals surface area contributed by atoms with Crippen molar-refractivity contribution >= 4 is 17.3 Å². The lowest BCUT2D eigenvalue weighted by atomic mass is 10.1. The van der Waals surface area contributed by atoms with E-state index in [1.807, 2.05) is 12.1 Å². The van der Waals surface area contributed by atoms with Gasteiger partial charge in [-0.25, -0.2) is 0 Å². The Balaban J connectivity index is 1.76. The van der Waals surface area contributed by atoms with Gasteiger partial charge in [0.1, 0.15) is 0 Å². The van der Waals surface area contributed by atoms with Crippen molar-refractivity contribution in [2.45, 2.75) is 31.7 Å². The molecule has 2 saturated heterocycles. The van der Waals surface area contributed by atoms with Crippen LogP contribution in [0.15, 0.2) is 18.2 Å². The van der Waals surface area contributed by atoms with Gasteiger partial charge in [-0.15, -0.1) is 0 Å². The number of hydrogen-bond acceptors (Lipinski definition) is 3. The average Bonchev–Trinajstić information content (AvgIpc) is 3.10. The van der Waals surface area contributed by atoms with Gasteiger partial charge < -0.3 is 10.6 Å². The Labute approximate surface area is 126 Å². The highest BCUT2D eigenvalue weighted by Crippen LogP contribution is 2.34. The first-order chi connectivity index (χ1) is 9.79. The highest BCUT2D eigenvalue weighted by molar-refractivity contribution is 6.33. The molecule has 2 fully saturated rings. The van der Waals surface area contributed by atoms with Crippen molar-refractivity contribution in [2.24, 2.45) is 5.73 Å². The van der Waals surface area contributed by atoms with Crippen LogP contribution in [0.5, 0.6) is 0 Å².